The first-order valence-electron chi connectivity index (χ1n) is 11.5. The molecule has 0 saturated heterocycles. The maximum Gasteiger partial charge on any atom is 0.306 e. The summed E-state index contributed by atoms with van der Waals surface area (Å²) in [5.41, 5.74) is 0. The van der Waals surface area contributed by atoms with Gasteiger partial charge in [-0.2, -0.15) is 0 Å². The summed E-state index contributed by atoms with van der Waals surface area (Å²) >= 11 is 2.21. The van der Waals surface area contributed by atoms with E-state index in [0.717, 1.165) is 10.8 Å². The molecule has 0 spiro atoms. The summed E-state index contributed by atoms with van der Waals surface area (Å²) in [5.74, 6) is -0.0358. The molecule has 0 radical (unpaired) electrons. The Kier molecular flexibility index (Phi) is 23.4. The van der Waals surface area contributed by atoms with Gasteiger partial charge in [0.15, 0.2) is 0 Å². The summed E-state index contributed by atoms with van der Waals surface area (Å²) < 4.78 is 6.02. The Balaban J connectivity index is 3.02. The van der Waals surface area contributed by atoms with E-state index in [1.165, 1.54) is 109 Å². The van der Waals surface area contributed by atoms with Gasteiger partial charge in [-0.15, -0.1) is 0 Å². The van der Waals surface area contributed by atoms with Gasteiger partial charge in [0.25, 0.3) is 0 Å². The Labute approximate surface area is 177 Å². The van der Waals surface area contributed by atoms with E-state index in [1.54, 1.807) is 0 Å². The van der Waals surface area contributed by atoms with Gasteiger partial charge in [0.1, 0.15) is 0 Å². The lowest BCUT2D eigenvalue weighted by Crippen LogP contribution is -2.05. The lowest BCUT2D eigenvalue weighted by Gasteiger charge is -2.04. The highest BCUT2D eigenvalue weighted by molar-refractivity contribution is 14.1. The molecule has 0 heterocycles. The summed E-state index contributed by atoms with van der Waals surface area (Å²) in [4.78, 5) is 11.2. The minimum atomic E-state index is -0.0358. The maximum atomic E-state index is 11.2. The topological polar surface area (TPSA) is 26.3 Å². The fourth-order valence-electron chi connectivity index (χ4n) is 3.34. The van der Waals surface area contributed by atoms with Crippen molar-refractivity contribution in [1.29, 1.82) is 0 Å². The molecule has 2 nitrogen and oxygen atoms in total. The van der Waals surface area contributed by atoms with E-state index < -0.39 is 0 Å². The van der Waals surface area contributed by atoms with Crippen LogP contribution in [-0.2, 0) is 9.53 Å². The summed E-state index contributed by atoms with van der Waals surface area (Å²) in [6.45, 7) is 2.91. The minimum Gasteiger partial charge on any atom is -0.466 e. The van der Waals surface area contributed by atoms with Gasteiger partial charge in [-0.25, -0.2) is 0 Å². The molecule has 3 heteroatoms. The lowest BCUT2D eigenvalue weighted by molar-refractivity contribution is -0.143. The van der Waals surface area contributed by atoms with Crippen molar-refractivity contribution in [2.24, 2.45) is 0 Å². The Morgan fingerprint density at radius 2 is 0.962 bits per heavy atom. The van der Waals surface area contributed by atoms with Crippen LogP contribution in [0.5, 0.6) is 0 Å². The van der Waals surface area contributed by atoms with Crippen LogP contribution < -0.4 is 0 Å². The van der Waals surface area contributed by atoms with Gasteiger partial charge < -0.3 is 4.74 Å². The number of halogens is 1. The monoisotopic (exact) mass is 480 g/mol. The molecular weight excluding hydrogens is 435 g/mol. The zero-order chi connectivity index (χ0) is 19.1. The van der Waals surface area contributed by atoms with Gasteiger partial charge in [0.05, 0.1) is 13.0 Å². The number of alkyl halides is 1. The Morgan fingerprint density at radius 1 is 0.615 bits per heavy atom. The van der Waals surface area contributed by atoms with E-state index in [4.69, 9.17) is 4.74 Å². The van der Waals surface area contributed by atoms with E-state index in [1.807, 2.05) is 0 Å². The standard InChI is InChI=1S/C23H45IO2/c1-2-3-4-5-6-7-8-9-10-11-12-13-14-15-16-17-18-19-22-26-23(25)20-21-24/h2-22H2,1H3. The van der Waals surface area contributed by atoms with Crippen LogP contribution in [0.3, 0.4) is 0 Å². The molecule has 0 aliphatic rings. The van der Waals surface area contributed by atoms with Crippen LogP contribution in [0.4, 0.5) is 0 Å². The molecule has 156 valence electrons. The molecule has 0 aromatic heterocycles. The molecule has 0 bridgehead atoms. The average molecular weight is 481 g/mol. The number of hydrogen-bond donors (Lipinski definition) is 0. The predicted octanol–water partition coefficient (Wildman–Crippen LogP) is 8.40. The second-order valence-electron chi connectivity index (χ2n) is 7.67. The first-order chi connectivity index (χ1) is 12.8. The molecule has 0 fully saturated rings. The van der Waals surface area contributed by atoms with Crippen LogP contribution in [-0.4, -0.2) is 17.0 Å². The molecule has 0 aromatic rings. The molecule has 0 amide bonds. The number of hydrogen-bond acceptors (Lipinski definition) is 2. The number of carbonyl (C=O) groups excluding carboxylic acids is 1. The van der Waals surface area contributed by atoms with Gasteiger partial charge >= 0.3 is 5.97 Å². The van der Waals surface area contributed by atoms with Crippen LogP contribution in [0, 0.1) is 0 Å². The third-order valence-corrected chi connectivity index (χ3v) is 5.60. The Bertz CT molecular complexity index is 281. The molecule has 0 aliphatic carbocycles. The van der Waals surface area contributed by atoms with E-state index >= 15 is 0 Å². The molecule has 0 unspecified atom stereocenters. The number of rotatable bonds is 21. The number of esters is 1. The molecule has 0 aromatic carbocycles. The van der Waals surface area contributed by atoms with Crippen molar-refractivity contribution in [2.75, 3.05) is 11.0 Å². The normalized spacial score (nSPS) is 11.0. The van der Waals surface area contributed by atoms with Gasteiger partial charge in [-0.1, -0.05) is 139 Å². The van der Waals surface area contributed by atoms with Crippen molar-refractivity contribution in [3.8, 4) is 0 Å². The average Bonchev–Trinajstić information content (AvgIpc) is 2.64. The highest BCUT2D eigenvalue weighted by Gasteiger charge is 2.00. The summed E-state index contributed by atoms with van der Waals surface area (Å²) in [5, 5.41) is 0. The molecule has 0 atom stereocenters. The summed E-state index contributed by atoms with van der Waals surface area (Å²) in [6.07, 6.45) is 25.5. The molecule has 26 heavy (non-hydrogen) atoms. The van der Waals surface area contributed by atoms with Crippen molar-refractivity contribution in [3.05, 3.63) is 0 Å². The van der Waals surface area contributed by atoms with Gasteiger partial charge in [-0.05, 0) is 6.42 Å². The Morgan fingerprint density at radius 3 is 1.31 bits per heavy atom. The van der Waals surface area contributed by atoms with Gasteiger partial charge in [0, 0.05) is 4.43 Å². The second-order valence-corrected chi connectivity index (χ2v) is 8.75. The van der Waals surface area contributed by atoms with Gasteiger partial charge in [0.2, 0.25) is 0 Å². The van der Waals surface area contributed by atoms with Crippen LogP contribution >= 0.6 is 22.6 Å². The van der Waals surface area contributed by atoms with Crippen molar-refractivity contribution in [2.45, 2.75) is 129 Å². The minimum absolute atomic E-state index is 0.0358. The number of carbonyl (C=O) groups is 1. The third kappa shape index (κ3) is 22.2. The van der Waals surface area contributed by atoms with E-state index in [-0.39, 0.29) is 5.97 Å². The fraction of sp³-hybridized carbons (Fsp3) is 0.957. The van der Waals surface area contributed by atoms with Crippen LogP contribution in [0.2, 0.25) is 0 Å². The van der Waals surface area contributed by atoms with Crippen molar-refractivity contribution < 1.29 is 9.53 Å². The van der Waals surface area contributed by atoms with Crippen molar-refractivity contribution in [3.63, 3.8) is 0 Å². The van der Waals surface area contributed by atoms with E-state index in [9.17, 15) is 4.79 Å². The largest absolute Gasteiger partial charge is 0.466 e. The first kappa shape index (κ1) is 26.2. The highest BCUT2D eigenvalue weighted by Crippen LogP contribution is 2.14. The van der Waals surface area contributed by atoms with Crippen LogP contribution in [0.1, 0.15) is 129 Å². The fourth-order valence-corrected chi connectivity index (χ4v) is 3.78. The zero-order valence-electron chi connectivity index (χ0n) is 17.5. The molecular formula is C23H45IO2. The smallest absolute Gasteiger partial charge is 0.306 e. The molecule has 0 rings (SSSR count). The Hall–Kier alpha value is 0.200. The second kappa shape index (κ2) is 23.2. The zero-order valence-corrected chi connectivity index (χ0v) is 19.7. The number of ether oxygens (including phenoxy) is 1. The molecule has 0 aliphatic heterocycles. The van der Waals surface area contributed by atoms with Crippen LogP contribution in [0.25, 0.3) is 0 Å². The van der Waals surface area contributed by atoms with Crippen LogP contribution in [0.15, 0.2) is 0 Å². The summed E-state index contributed by atoms with van der Waals surface area (Å²) in [6, 6.07) is 0. The number of unbranched alkanes of at least 4 members (excludes halogenated alkanes) is 17. The predicted molar refractivity (Wildman–Crippen MR) is 123 cm³/mol. The third-order valence-electron chi connectivity index (χ3n) is 5.06. The van der Waals surface area contributed by atoms with E-state index in [0.29, 0.717) is 13.0 Å². The highest BCUT2D eigenvalue weighted by atomic mass is 127. The van der Waals surface area contributed by atoms with Gasteiger partial charge in [-0.3, -0.25) is 4.79 Å². The molecule has 0 N–H and O–H groups in total. The SMILES string of the molecule is CCCCCCCCCCCCCCCCCCCCOC(=O)CCI. The first-order valence-corrected chi connectivity index (χ1v) is 13.1. The summed E-state index contributed by atoms with van der Waals surface area (Å²) in [7, 11) is 0. The quantitative estimate of drug-likeness (QED) is 0.0714. The molecule has 0 saturated carbocycles. The van der Waals surface area contributed by atoms with E-state index in [2.05, 4.69) is 29.5 Å². The lowest BCUT2D eigenvalue weighted by atomic mass is 10.0. The van der Waals surface area contributed by atoms with Crippen molar-refractivity contribution in [1.82, 2.24) is 0 Å². The maximum absolute atomic E-state index is 11.2. The van der Waals surface area contributed by atoms with Crippen molar-refractivity contribution >= 4 is 28.6 Å².